The fourth-order valence-electron chi connectivity index (χ4n) is 2.49. The number of carbonyl (C=O) groups excluding carboxylic acids is 1. The van der Waals surface area contributed by atoms with Crippen molar-refractivity contribution in [3.63, 3.8) is 0 Å². The number of benzene rings is 1. The molecule has 0 aliphatic heterocycles. The first-order chi connectivity index (χ1) is 11.6. The van der Waals surface area contributed by atoms with Gasteiger partial charge >= 0.3 is 0 Å². The summed E-state index contributed by atoms with van der Waals surface area (Å²) in [5, 5.41) is 3.93. The highest BCUT2D eigenvalue weighted by atomic mass is 32.2. The van der Waals surface area contributed by atoms with Crippen molar-refractivity contribution < 1.29 is 4.79 Å². The van der Waals surface area contributed by atoms with Crippen molar-refractivity contribution in [2.24, 2.45) is 0 Å². The number of aromatic nitrogens is 2. The van der Waals surface area contributed by atoms with Crippen molar-refractivity contribution in [1.29, 1.82) is 0 Å². The van der Waals surface area contributed by atoms with Crippen LogP contribution in [0.4, 0.5) is 0 Å². The average Bonchev–Trinajstić information content (AvgIpc) is 2.59. The zero-order valence-electron chi connectivity index (χ0n) is 14.0. The Morgan fingerprint density at radius 3 is 2.79 bits per heavy atom. The monoisotopic (exact) mass is 337 g/mol. The molecule has 0 unspecified atom stereocenters. The molecule has 0 aliphatic rings. The molecule has 1 N–H and O–H groups in total. The number of pyridine rings is 2. The minimum absolute atomic E-state index is 0.0931. The summed E-state index contributed by atoms with van der Waals surface area (Å²) in [6, 6.07) is 11.6. The van der Waals surface area contributed by atoms with Crippen LogP contribution in [-0.2, 0) is 6.54 Å². The second-order valence-corrected chi connectivity index (χ2v) is 6.54. The molecule has 122 valence electrons. The third-order valence-electron chi connectivity index (χ3n) is 3.87. The van der Waals surface area contributed by atoms with Gasteiger partial charge in [-0.2, -0.15) is 0 Å². The summed E-state index contributed by atoms with van der Waals surface area (Å²) < 4.78 is 0. The summed E-state index contributed by atoms with van der Waals surface area (Å²) >= 11 is 1.64. The van der Waals surface area contributed by atoms with Gasteiger partial charge in [-0.1, -0.05) is 6.07 Å². The maximum atomic E-state index is 12.4. The lowest BCUT2D eigenvalue weighted by Gasteiger charge is -2.08. The molecule has 3 aromatic rings. The largest absolute Gasteiger partial charge is 0.346 e. The standard InChI is InChI=1S/C19H19N3OS/c1-12-4-6-14(8-18(12)24-3)19(23)21-11-16-9-17-15(10-20-16)7-5-13(2)22-17/h4-10H,11H2,1-3H3,(H,21,23). The van der Waals surface area contributed by atoms with Gasteiger partial charge in [-0.3, -0.25) is 14.8 Å². The fourth-order valence-corrected chi connectivity index (χ4v) is 3.13. The number of amides is 1. The zero-order valence-corrected chi connectivity index (χ0v) is 14.8. The van der Waals surface area contributed by atoms with E-state index in [9.17, 15) is 4.79 Å². The van der Waals surface area contributed by atoms with Crippen LogP contribution >= 0.6 is 11.8 Å². The SMILES string of the molecule is CSc1cc(C(=O)NCc2cc3nc(C)ccc3cn2)ccc1C. The summed E-state index contributed by atoms with van der Waals surface area (Å²) in [6.07, 6.45) is 3.80. The van der Waals surface area contributed by atoms with E-state index in [1.807, 2.05) is 56.5 Å². The predicted molar refractivity (Wildman–Crippen MR) is 98.4 cm³/mol. The van der Waals surface area contributed by atoms with Crippen LogP contribution in [0.2, 0.25) is 0 Å². The molecule has 2 aromatic heterocycles. The lowest BCUT2D eigenvalue weighted by atomic mass is 10.1. The lowest BCUT2D eigenvalue weighted by molar-refractivity contribution is 0.0950. The summed E-state index contributed by atoms with van der Waals surface area (Å²) in [5.74, 6) is -0.0931. The highest BCUT2D eigenvalue weighted by Gasteiger charge is 2.08. The maximum Gasteiger partial charge on any atom is 0.251 e. The van der Waals surface area contributed by atoms with Crippen LogP contribution in [0.25, 0.3) is 10.9 Å². The first-order valence-electron chi connectivity index (χ1n) is 7.72. The van der Waals surface area contributed by atoms with E-state index in [1.165, 1.54) is 5.56 Å². The topological polar surface area (TPSA) is 54.9 Å². The van der Waals surface area contributed by atoms with Gasteiger partial charge in [0.05, 0.1) is 17.8 Å². The Morgan fingerprint density at radius 2 is 2.00 bits per heavy atom. The Labute approximate surface area is 145 Å². The van der Waals surface area contributed by atoms with Crippen LogP contribution in [-0.4, -0.2) is 22.1 Å². The summed E-state index contributed by atoms with van der Waals surface area (Å²) in [7, 11) is 0. The molecule has 0 spiro atoms. The van der Waals surface area contributed by atoms with E-state index in [1.54, 1.807) is 18.0 Å². The number of rotatable bonds is 4. The summed E-state index contributed by atoms with van der Waals surface area (Å²) in [6.45, 7) is 4.39. The van der Waals surface area contributed by atoms with Crippen molar-refractivity contribution in [3.8, 4) is 0 Å². The summed E-state index contributed by atoms with van der Waals surface area (Å²) in [4.78, 5) is 22.4. The van der Waals surface area contributed by atoms with E-state index in [-0.39, 0.29) is 5.91 Å². The third-order valence-corrected chi connectivity index (χ3v) is 4.75. The van der Waals surface area contributed by atoms with Crippen molar-refractivity contribution >= 4 is 28.6 Å². The molecule has 5 heteroatoms. The Morgan fingerprint density at radius 1 is 1.17 bits per heavy atom. The van der Waals surface area contributed by atoms with Crippen molar-refractivity contribution in [2.45, 2.75) is 25.3 Å². The summed E-state index contributed by atoms with van der Waals surface area (Å²) in [5.41, 5.74) is 4.50. The van der Waals surface area contributed by atoms with Crippen LogP contribution in [0.3, 0.4) is 0 Å². The van der Waals surface area contributed by atoms with Crippen molar-refractivity contribution in [2.75, 3.05) is 6.26 Å². The van der Waals surface area contributed by atoms with Crippen molar-refractivity contribution in [1.82, 2.24) is 15.3 Å². The Bertz CT molecular complexity index is 908. The van der Waals surface area contributed by atoms with Crippen LogP contribution in [0.5, 0.6) is 0 Å². The predicted octanol–water partition coefficient (Wildman–Crippen LogP) is 3.90. The van der Waals surface area contributed by atoms with Gasteiger partial charge in [0.2, 0.25) is 0 Å². The van der Waals surface area contributed by atoms with Crippen LogP contribution in [0, 0.1) is 13.8 Å². The molecular weight excluding hydrogens is 318 g/mol. The molecule has 0 atom stereocenters. The first kappa shape index (κ1) is 16.5. The highest BCUT2D eigenvalue weighted by molar-refractivity contribution is 7.98. The minimum Gasteiger partial charge on any atom is -0.346 e. The first-order valence-corrected chi connectivity index (χ1v) is 8.94. The van der Waals surface area contributed by atoms with E-state index in [0.717, 1.165) is 27.2 Å². The molecule has 1 aromatic carbocycles. The van der Waals surface area contributed by atoms with E-state index < -0.39 is 0 Å². The van der Waals surface area contributed by atoms with E-state index in [4.69, 9.17) is 0 Å². The zero-order chi connectivity index (χ0) is 17.1. The molecular formula is C19H19N3OS. The number of hydrogen-bond acceptors (Lipinski definition) is 4. The molecule has 2 heterocycles. The number of aryl methyl sites for hydroxylation is 2. The molecule has 0 aliphatic carbocycles. The molecule has 0 saturated carbocycles. The van der Waals surface area contributed by atoms with Gasteiger partial charge in [-0.25, -0.2) is 0 Å². The average molecular weight is 337 g/mol. The van der Waals surface area contributed by atoms with Gasteiger partial charge in [-0.15, -0.1) is 11.8 Å². The van der Waals surface area contributed by atoms with Crippen LogP contribution < -0.4 is 5.32 Å². The number of hydrogen-bond donors (Lipinski definition) is 1. The van der Waals surface area contributed by atoms with Crippen LogP contribution in [0.1, 0.15) is 27.3 Å². The van der Waals surface area contributed by atoms with E-state index >= 15 is 0 Å². The molecule has 0 saturated heterocycles. The number of fused-ring (bicyclic) bond motifs is 1. The molecule has 1 amide bonds. The second kappa shape index (κ2) is 7.01. The number of nitrogens with zero attached hydrogens (tertiary/aromatic N) is 2. The van der Waals surface area contributed by atoms with Gasteiger partial charge in [0, 0.05) is 27.7 Å². The third kappa shape index (κ3) is 3.57. The Kier molecular flexibility index (Phi) is 4.81. The highest BCUT2D eigenvalue weighted by Crippen LogP contribution is 2.21. The number of carbonyl (C=O) groups is 1. The Hall–Kier alpha value is -2.40. The maximum absolute atomic E-state index is 12.4. The molecule has 24 heavy (non-hydrogen) atoms. The lowest BCUT2D eigenvalue weighted by Crippen LogP contribution is -2.23. The van der Waals surface area contributed by atoms with Gasteiger partial charge in [0.1, 0.15) is 0 Å². The Balaban J connectivity index is 1.74. The van der Waals surface area contributed by atoms with E-state index in [0.29, 0.717) is 12.1 Å². The fraction of sp³-hybridized carbons (Fsp3) is 0.211. The molecule has 0 radical (unpaired) electrons. The molecule has 3 rings (SSSR count). The van der Waals surface area contributed by atoms with E-state index in [2.05, 4.69) is 15.3 Å². The molecule has 4 nitrogen and oxygen atoms in total. The van der Waals surface area contributed by atoms with Gasteiger partial charge < -0.3 is 5.32 Å². The van der Waals surface area contributed by atoms with Gasteiger partial charge in [0.15, 0.2) is 0 Å². The second-order valence-electron chi connectivity index (χ2n) is 5.69. The molecule has 0 bridgehead atoms. The molecule has 0 fully saturated rings. The smallest absolute Gasteiger partial charge is 0.251 e. The number of thioether (sulfide) groups is 1. The quantitative estimate of drug-likeness (QED) is 0.734. The number of nitrogens with one attached hydrogen (secondary N) is 1. The van der Waals surface area contributed by atoms with Gasteiger partial charge in [-0.05, 0) is 56.0 Å². The van der Waals surface area contributed by atoms with Gasteiger partial charge in [0.25, 0.3) is 5.91 Å². The van der Waals surface area contributed by atoms with Crippen LogP contribution in [0.15, 0.2) is 47.5 Å². The minimum atomic E-state index is -0.0931. The normalized spacial score (nSPS) is 10.8. The van der Waals surface area contributed by atoms with Crippen molar-refractivity contribution in [3.05, 3.63) is 65.1 Å².